The van der Waals surface area contributed by atoms with Gasteiger partial charge in [0.1, 0.15) is 0 Å². The minimum absolute atomic E-state index is 0.154. The quantitative estimate of drug-likeness (QED) is 0.911. The fourth-order valence-electron chi connectivity index (χ4n) is 3.09. The van der Waals surface area contributed by atoms with E-state index in [9.17, 15) is 4.79 Å². The monoisotopic (exact) mass is 263 g/mol. The molecule has 106 valence electrons. The molecule has 1 aromatic heterocycles. The van der Waals surface area contributed by atoms with Crippen molar-refractivity contribution in [2.75, 3.05) is 13.1 Å². The Labute approximate surface area is 115 Å². The van der Waals surface area contributed by atoms with E-state index in [0.717, 1.165) is 48.8 Å². The molecule has 1 saturated heterocycles. The molecular weight excluding hydrogens is 238 g/mol. The summed E-state index contributed by atoms with van der Waals surface area (Å²) in [5.74, 6) is 0.954. The van der Waals surface area contributed by atoms with Gasteiger partial charge in [0.25, 0.3) is 5.91 Å². The van der Waals surface area contributed by atoms with Crippen molar-refractivity contribution >= 4 is 5.91 Å². The third-order valence-corrected chi connectivity index (χ3v) is 4.17. The van der Waals surface area contributed by atoms with Gasteiger partial charge in [-0.2, -0.15) is 5.10 Å². The minimum atomic E-state index is 0.154. The molecule has 1 aliphatic heterocycles. The van der Waals surface area contributed by atoms with E-state index in [0.29, 0.717) is 0 Å². The van der Waals surface area contributed by atoms with E-state index in [-0.39, 0.29) is 5.91 Å². The molecule has 0 aromatic carbocycles. The summed E-state index contributed by atoms with van der Waals surface area (Å²) in [6, 6.07) is 0. The van der Waals surface area contributed by atoms with Gasteiger partial charge in [0, 0.05) is 18.8 Å². The highest BCUT2D eigenvalue weighted by atomic mass is 16.2. The van der Waals surface area contributed by atoms with Crippen LogP contribution in [0.2, 0.25) is 0 Å². The third-order valence-electron chi connectivity index (χ3n) is 4.17. The van der Waals surface area contributed by atoms with Gasteiger partial charge in [0.05, 0.1) is 11.3 Å². The van der Waals surface area contributed by atoms with Crippen molar-refractivity contribution in [2.45, 2.75) is 52.9 Å². The number of likely N-dealkylation sites (tertiary alicyclic amines) is 1. The van der Waals surface area contributed by atoms with E-state index < -0.39 is 0 Å². The van der Waals surface area contributed by atoms with Crippen LogP contribution in [-0.2, 0) is 0 Å². The maximum atomic E-state index is 12.6. The van der Waals surface area contributed by atoms with Gasteiger partial charge in [-0.25, -0.2) is 0 Å². The Morgan fingerprint density at radius 2 is 2.16 bits per heavy atom. The second-order valence-electron chi connectivity index (χ2n) is 5.69. The van der Waals surface area contributed by atoms with Crippen molar-refractivity contribution in [3.8, 4) is 0 Å². The first-order chi connectivity index (χ1) is 9.13. The van der Waals surface area contributed by atoms with Crippen LogP contribution in [-0.4, -0.2) is 34.1 Å². The van der Waals surface area contributed by atoms with Crippen LogP contribution in [0.3, 0.4) is 0 Å². The SMILES string of the molecule is CCCC1CCCN(C(=O)c2c(C)n[nH]c2C)CC1. The van der Waals surface area contributed by atoms with Crippen LogP contribution in [0, 0.1) is 19.8 Å². The molecule has 4 heteroatoms. The van der Waals surface area contributed by atoms with Crippen molar-refractivity contribution in [1.82, 2.24) is 15.1 Å². The van der Waals surface area contributed by atoms with E-state index in [1.165, 1.54) is 19.3 Å². The molecule has 1 amide bonds. The van der Waals surface area contributed by atoms with Gasteiger partial charge < -0.3 is 4.90 Å². The third kappa shape index (κ3) is 3.17. The number of amides is 1. The first-order valence-corrected chi connectivity index (χ1v) is 7.44. The van der Waals surface area contributed by atoms with E-state index in [2.05, 4.69) is 17.1 Å². The molecule has 1 fully saturated rings. The van der Waals surface area contributed by atoms with Crippen LogP contribution >= 0.6 is 0 Å². The second kappa shape index (κ2) is 6.22. The lowest BCUT2D eigenvalue weighted by atomic mass is 9.96. The zero-order valence-electron chi connectivity index (χ0n) is 12.3. The van der Waals surface area contributed by atoms with Crippen molar-refractivity contribution in [3.63, 3.8) is 0 Å². The molecule has 2 heterocycles. The summed E-state index contributed by atoms with van der Waals surface area (Å²) in [6.45, 7) is 7.85. The highest BCUT2D eigenvalue weighted by molar-refractivity contribution is 5.96. The summed E-state index contributed by atoms with van der Waals surface area (Å²) < 4.78 is 0. The predicted molar refractivity (Wildman–Crippen MR) is 76.2 cm³/mol. The lowest BCUT2D eigenvalue weighted by Gasteiger charge is -2.20. The number of aromatic amines is 1. The van der Waals surface area contributed by atoms with Crippen LogP contribution in [0.15, 0.2) is 0 Å². The van der Waals surface area contributed by atoms with E-state index >= 15 is 0 Å². The lowest BCUT2D eigenvalue weighted by Crippen LogP contribution is -2.32. The van der Waals surface area contributed by atoms with Gasteiger partial charge in [0.15, 0.2) is 0 Å². The number of hydrogen-bond donors (Lipinski definition) is 1. The van der Waals surface area contributed by atoms with Crippen molar-refractivity contribution in [3.05, 3.63) is 17.0 Å². The van der Waals surface area contributed by atoms with Gasteiger partial charge in [-0.3, -0.25) is 9.89 Å². The summed E-state index contributed by atoms with van der Waals surface area (Å²) in [5, 5.41) is 7.03. The van der Waals surface area contributed by atoms with Gasteiger partial charge in [0.2, 0.25) is 0 Å². The average Bonchev–Trinajstić information content (AvgIpc) is 2.61. The maximum Gasteiger partial charge on any atom is 0.257 e. The first kappa shape index (κ1) is 14.1. The van der Waals surface area contributed by atoms with Crippen LogP contribution in [0.5, 0.6) is 0 Å². The molecule has 0 radical (unpaired) electrons. The molecule has 0 bridgehead atoms. The van der Waals surface area contributed by atoms with E-state index in [4.69, 9.17) is 0 Å². The molecule has 1 unspecified atom stereocenters. The van der Waals surface area contributed by atoms with Crippen LogP contribution in [0.25, 0.3) is 0 Å². The summed E-state index contributed by atoms with van der Waals surface area (Å²) in [7, 11) is 0. The highest BCUT2D eigenvalue weighted by Crippen LogP contribution is 2.23. The number of carbonyl (C=O) groups is 1. The molecule has 1 aromatic rings. The molecule has 0 saturated carbocycles. The number of aryl methyl sites for hydroxylation is 2. The fourth-order valence-corrected chi connectivity index (χ4v) is 3.09. The van der Waals surface area contributed by atoms with Crippen molar-refractivity contribution in [1.29, 1.82) is 0 Å². The number of hydrogen-bond acceptors (Lipinski definition) is 2. The second-order valence-corrected chi connectivity index (χ2v) is 5.69. The number of aromatic nitrogens is 2. The Morgan fingerprint density at radius 3 is 2.79 bits per heavy atom. The predicted octanol–water partition coefficient (Wildman–Crippen LogP) is 3.07. The van der Waals surface area contributed by atoms with Crippen molar-refractivity contribution in [2.24, 2.45) is 5.92 Å². The molecular formula is C15H25N3O. The summed E-state index contributed by atoms with van der Waals surface area (Å²) in [6.07, 6.45) is 6.09. The smallest absolute Gasteiger partial charge is 0.257 e. The first-order valence-electron chi connectivity index (χ1n) is 7.44. The zero-order valence-corrected chi connectivity index (χ0v) is 12.3. The van der Waals surface area contributed by atoms with Crippen molar-refractivity contribution < 1.29 is 4.79 Å². The van der Waals surface area contributed by atoms with Gasteiger partial charge in [-0.1, -0.05) is 19.8 Å². The van der Waals surface area contributed by atoms with E-state index in [1.807, 2.05) is 18.7 Å². The largest absolute Gasteiger partial charge is 0.339 e. The van der Waals surface area contributed by atoms with Crippen LogP contribution in [0.1, 0.15) is 60.8 Å². The summed E-state index contributed by atoms with van der Waals surface area (Å²) >= 11 is 0. The summed E-state index contributed by atoms with van der Waals surface area (Å²) in [4.78, 5) is 14.6. The Balaban J connectivity index is 2.04. The Bertz CT molecular complexity index is 419. The van der Waals surface area contributed by atoms with Crippen LogP contribution < -0.4 is 0 Å². The number of H-pyrrole nitrogens is 1. The standard InChI is InChI=1S/C15H25N3O/c1-4-6-13-7-5-9-18(10-8-13)15(19)14-11(2)16-17-12(14)3/h13H,4-10H2,1-3H3,(H,16,17). The van der Waals surface area contributed by atoms with Gasteiger partial charge in [-0.15, -0.1) is 0 Å². The Morgan fingerprint density at radius 1 is 1.37 bits per heavy atom. The molecule has 1 atom stereocenters. The van der Waals surface area contributed by atoms with Gasteiger partial charge >= 0.3 is 0 Å². The lowest BCUT2D eigenvalue weighted by molar-refractivity contribution is 0.0758. The molecule has 4 nitrogen and oxygen atoms in total. The molecule has 2 rings (SSSR count). The number of nitrogens with one attached hydrogen (secondary N) is 1. The Kier molecular flexibility index (Phi) is 4.61. The van der Waals surface area contributed by atoms with E-state index in [1.54, 1.807) is 0 Å². The van der Waals surface area contributed by atoms with Crippen LogP contribution in [0.4, 0.5) is 0 Å². The maximum absolute atomic E-state index is 12.6. The molecule has 0 spiro atoms. The summed E-state index contributed by atoms with van der Waals surface area (Å²) in [5.41, 5.74) is 2.47. The fraction of sp³-hybridized carbons (Fsp3) is 0.733. The normalized spacial score (nSPS) is 20.4. The zero-order chi connectivity index (χ0) is 13.8. The molecule has 1 aliphatic rings. The number of nitrogens with zero attached hydrogens (tertiary/aromatic N) is 2. The Hall–Kier alpha value is -1.32. The number of rotatable bonds is 3. The minimum Gasteiger partial charge on any atom is -0.339 e. The topological polar surface area (TPSA) is 49.0 Å². The average molecular weight is 263 g/mol. The van der Waals surface area contributed by atoms with Gasteiger partial charge in [-0.05, 0) is 39.0 Å². The molecule has 19 heavy (non-hydrogen) atoms. The number of carbonyl (C=O) groups excluding carboxylic acids is 1. The molecule has 0 aliphatic carbocycles. The highest BCUT2D eigenvalue weighted by Gasteiger charge is 2.24. The molecule has 1 N–H and O–H groups in total.